The van der Waals surface area contributed by atoms with Gasteiger partial charge in [0.1, 0.15) is 5.76 Å². The Hall–Kier alpha value is -1.96. The van der Waals surface area contributed by atoms with Crippen molar-refractivity contribution in [3.63, 3.8) is 0 Å². The lowest BCUT2D eigenvalue weighted by Crippen LogP contribution is -2.36. The van der Waals surface area contributed by atoms with Gasteiger partial charge in [0.2, 0.25) is 5.91 Å². The molecule has 0 aliphatic rings. The van der Waals surface area contributed by atoms with E-state index < -0.39 is 0 Å². The zero-order valence-electron chi connectivity index (χ0n) is 14.3. The van der Waals surface area contributed by atoms with Crippen LogP contribution in [-0.2, 0) is 17.9 Å². The predicted molar refractivity (Wildman–Crippen MR) is 102 cm³/mol. The monoisotopic (exact) mass is 375 g/mol. The summed E-state index contributed by atoms with van der Waals surface area (Å²) in [7, 11) is 0. The molecule has 3 aromatic heterocycles. The standard InChI is InChI=1S/C18H21N3O2S2/c1-3-21(11-17(22)19-9-15-5-4-8-24-15)10-14-12-25-18(20-14)16-7-6-13(2)23-16/h4-8,12H,3,9-11H2,1-2H3,(H,19,22). The highest BCUT2D eigenvalue weighted by Crippen LogP contribution is 2.26. The molecule has 25 heavy (non-hydrogen) atoms. The van der Waals surface area contributed by atoms with Crippen molar-refractivity contribution in [2.45, 2.75) is 26.9 Å². The molecule has 1 amide bonds. The van der Waals surface area contributed by atoms with Crippen molar-refractivity contribution >= 4 is 28.6 Å². The van der Waals surface area contributed by atoms with E-state index in [9.17, 15) is 4.79 Å². The first-order valence-corrected chi connectivity index (χ1v) is 9.92. The molecular formula is C18H21N3O2S2. The molecule has 0 aliphatic carbocycles. The molecule has 0 radical (unpaired) electrons. The van der Waals surface area contributed by atoms with Gasteiger partial charge in [-0.2, -0.15) is 0 Å². The van der Waals surface area contributed by atoms with Crippen LogP contribution in [0.25, 0.3) is 10.8 Å². The highest BCUT2D eigenvalue weighted by atomic mass is 32.1. The SMILES string of the molecule is CCN(CC(=O)NCc1cccs1)Cc1csc(-c2ccc(C)o2)n1. The largest absolute Gasteiger partial charge is 0.459 e. The molecule has 0 aliphatic heterocycles. The zero-order chi connectivity index (χ0) is 17.6. The number of carbonyl (C=O) groups excluding carboxylic acids is 1. The Bertz CT molecular complexity index is 808. The average Bonchev–Trinajstić information content (AvgIpc) is 3.34. The number of likely N-dealkylation sites (N-methyl/N-ethyl adjacent to an activating group) is 1. The molecule has 0 spiro atoms. The summed E-state index contributed by atoms with van der Waals surface area (Å²) < 4.78 is 5.62. The topological polar surface area (TPSA) is 58.4 Å². The van der Waals surface area contributed by atoms with E-state index in [1.807, 2.05) is 41.9 Å². The molecule has 0 atom stereocenters. The first kappa shape index (κ1) is 17.8. The van der Waals surface area contributed by atoms with Gasteiger partial charge in [-0.25, -0.2) is 4.98 Å². The molecule has 3 rings (SSSR count). The fourth-order valence-electron chi connectivity index (χ4n) is 2.41. The van der Waals surface area contributed by atoms with Crippen LogP contribution < -0.4 is 5.32 Å². The Labute approximate surface area is 155 Å². The normalized spacial score (nSPS) is 11.2. The van der Waals surface area contributed by atoms with Crippen LogP contribution in [0, 0.1) is 6.92 Å². The fraction of sp³-hybridized carbons (Fsp3) is 0.333. The molecule has 5 nitrogen and oxygen atoms in total. The molecular weight excluding hydrogens is 354 g/mol. The Balaban J connectivity index is 1.53. The van der Waals surface area contributed by atoms with Crippen molar-refractivity contribution in [3.8, 4) is 10.8 Å². The molecule has 0 unspecified atom stereocenters. The Morgan fingerprint density at radius 3 is 2.88 bits per heavy atom. The van der Waals surface area contributed by atoms with E-state index in [-0.39, 0.29) is 5.91 Å². The molecule has 3 aromatic rings. The van der Waals surface area contributed by atoms with Crippen molar-refractivity contribution in [3.05, 3.63) is 51.4 Å². The molecule has 0 saturated heterocycles. The van der Waals surface area contributed by atoms with E-state index in [0.717, 1.165) is 33.6 Å². The van der Waals surface area contributed by atoms with Gasteiger partial charge in [0.05, 0.1) is 18.8 Å². The third kappa shape index (κ3) is 5.01. The summed E-state index contributed by atoms with van der Waals surface area (Å²) in [5.74, 6) is 1.71. The van der Waals surface area contributed by atoms with Crippen molar-refractivity contribution in [1.29, 1.82) is 0 Å². The van der Waals surface area contributed by atoms with Crippen LogP contribution in [0.1, 0.15) is 23.3 Å². The second-order valence-corrected chi connectivity index (χ2v) is 7.60. The van der Waals surface area contributed by atoms with Gasteiger partial charge in [0.25, 0.3) is 0 Å². The number of carbonyl (C=O) groups is 1. The van der Waals surface area contributed by atoms with Gasteiger partial charge in [0, 0.05) is 16.8 Å². The van der Waals surface area contributed by atoms with Gasteiger partial charge in [-0.05, 0) is 37.0 Å². The smallest absolute Gasteiger partial charge is 0.234 e. The molecule has 132 valence electrons. The highest BCUT2D eigenvalue weighted by Gasteiger charge is 2.13. The first-order chi connectivity index (χ1) is 12.1. The van der Waals surface area contributed by atoms with Crippen LogP contribution in [0.5, 0.6) is 0 Å². The van der Waals surface area contributed by atoms with Crippen LogP contribution in [-0.4, -0.2) is 28.9 Å². The van der Waals surface area contributed by atoms with Crippen molar-refractivity contribution in [2.24, 2.45) is 0 Å². The average molecular weight is 376 g/mol. The van der Waals surface area contributed by atoms with Gasteiger partial charge in [-0.3, -0.25) is 9.69 Å². The summed E-state index contributed by atoms with van der Waals surface area (Å²) in [5, 5.41) is 7.88. The van der Waals surface area contributed by atoms with E-state index in [2.05, 4.69) is 22.1 Å². The van der Waals surface area contributed by atoms with Gasteiger partial charge in [-0.15, -0.1) is 22.7 Å². The quantitative estimate of drug-likeness (QED) is 0.648. The van der Waals surface area contributed by atoms with Crippen molar-refractivity contribution in [1.82, 2.24) is 15.2 Å². The number of amides is 1. The molecule has 1 N–H and O–H groups in total. The third-order valence-corrected chi connectivity index (χ3v) is 5.52. The van der Waals surface area contributed by atoms with Crippen molar-refractivity contribution < 1.29 is 9.21 Å². The van der Waals surface area contributed by atoms with E-state index in [0.29, 0.717) is 19.6 Å². The van der Waals surface area contributed by atoms with Crippen LogP contribution in [0.2, 0.25) is 0 Å². The second-order valence-electron chi connectivity index (χ2n) is 5.71. The molecule has 0 saturated carbocycles. The maximum atomic E-state index is 12.1. The van der Waals surface area contributed by atoms with E-state index in [1.165, 1.54) is 0 Å². The van der Waals surface area contributed by atoms with Crippen LogP contribution in [0.15, 0.2) is 39.4 Å². The summed E-state index contributed by atoms with van der Waals surface area (Å²) in [4.78, 5) is 20.0. The molecule has 0 fully saturated rings. The first-order valence-electron chi connectivity index (χ1n) is 8.16. The van der Waals surface area contributed by atoms with Gasteiger partial charge >= 0.3 is 0 Å². The second kappa shape index (κ2) is 8.42. The molecule has 7 heteroatoms. The Kier molecular flexibility index (Phi) is 6.01. The van der Waals surface area contributed by atoms with Crippen LogP contribution >= 0.6 is 22.7 Å². The maximum absolute atomic E-state index is 12.1. The Morgan fingerprint density at radius 2 is 2.20 bits per heavy atom. The number of nitrogens with zero attached hydrogens (tertiary/aromatic N) is 2. The summed E-state index contributed by atoms with van der Waals surface area (Å²) in [6.07, 6.45) is 0. The van der Waals surface area contributed by atoms with E-state index in [1.54, 1.807) is 22.7 Å². The molecule has 0 bridgehead atoms. The van der Waals surface area contributed by atoms with Crippen LogP contribution in [0.3, 0.4) is 0 Å². The third-order valence-electron chi connectivity index (χ3n) is 3.74. The number of thiazole rings is 1. The number of nitrogens with one attached hydrogen (secondary N) is 1. The zero-order valence-corrected chi connectivity index (χ0v) is 16.0. The van der Waals surface area contributed by atoms with Gasteiger partial charge in [-0.1, -0.05) is 13.0 Å². The summed E-state index contributed by atoms with van der Waals surface area (Å²) in [6, 6.07) is 7.89. The fourth-order valence-corrected chi connectivity index (χ4v) is 3.82. The number of rotatable bonds is 8. The predicted octanol–water partition coefficient (Wildman–Crippen LogP) is 3.91. The highest BCUT2D eigenvalue weighted by molar-refractivity contribution is 7.13. The van der Waals surface area contributed by atoms with Gasteiger partial charge < -0.3 is 9.73 Å². The maximum Gasteiger partial charge on any atom is 0.234 e. The van der Waals surface area contributed by atoms with Crippen LogP contribution in [0.4, 0.5) is 0 Å². The summed E-state index contributed by atoms with van der Waals surface area (Å²) >= 11 is 3.21. The van der Waals surface area contributed by atoms with E-state index in [4.69, 9.17) is 4.42 Å². The molecule has 0 aromatic carbocycles. The summed E-state index contributed by atoms with van der Waals surface area (Å²) in [5.41, 5.74) is 0.960. The lowest BCUT2D eigenvalue weighted by molar-refractivity contribution is -0.122. The number of hydrogen-bond acceptors (Lipinski definition) is 6. The minimum atomic E-state index is 0.0346. The number of aromatic nitrogens is 1. The summed E-state index contributed by atoms with van der Waals surface area (Å²) in [6.45, 7) is 6.38. The lowest BCUT2D eigenvalue weighted by atomic mass is 10.3. The number of aryl methyl sites for hydroxylation is 1. The van der Waals surface area contributed by atoms with Gasteiger partial charge in [0.15, 0.2) is 10.8 Å². The number of furan rings is 1. The van der Waals surface area contributed by atoms with Crippen molar-refractivity contribution in [2.75, 3.05) is 13.1 Å². The number of thiophene rings is 1. The number of hydrogen-bond donors (Lipinski definition) is 1. The van der Waals surface area contributed by atoms with E-state index >= 15 is 0 Å². The lowest BCUT2D eigenvalue weighted by Gasteiger charge is -2.18. The minimum Gasteiger partial charge on any atom is -0.459 e. The minimum absolute atomic E-state index is 0.0346. The molecule has 3 heterocycles. The Morgan fingerprint density at radius 1 is 1.32 bits per heavy atom.